The molecule has 0 aromatic heterocycles. The molecule has 0 atom stereocenters. The van der Waals surface area contributed by atoms with Crippen molar-refractivity contribution in [1.29, 1.82) is 0 Å². The number of ether oxygens (including phenoxy) is 3. The molecule has 3 heterocycles. The van der Waals surface area contributed by atoms with Gasteiger partial charge in [0.1, 0.15) is 0 Å². The van der Waals surface area contributed by atoms with E-state index in [0.717, 1.165) is 10.5 Å². The topological polar surface area (TPSA) is 85.4 Å². The highest BCUT2D eigenvalue weighted by atomic mass is 16.7. The molecule has 0 N–H and O–H groups in total. The van der Waals surface area contributed by atoms with Crippen molar-refractivity contribution in [2.24, 2.45) is 5.92 Å². The molecule has 8 nitrogen and oxygen atoms in total. The molecule has 4 rings (SSSR count). The van der Waals surface area contributed by atoms with Gasteiger partial charge in [0.2, 0.25) is 12.7 Å². The van der Waals surface area contributed by atoms with Gasteiger partial charge in [0.15, 0.2) is 18.1 Å². The summed E-state index contributed by atoms with van der Waals surface area (Å²) in [6.07, 6.45) is -0.307. The summed E-state index contributed by atoms with van der Waals surface area (Å²) in [6, 6.07) is 5.46. The number of carbonyl (C=O) groups is 3. The molecule has 3 amide bonds. The van der Waals surface area contributed by atoms with Gasteiger partial charge in [-0.05, 0) is 17.7 Å². The quantitative estimate of drug-likeness (QED) is 0.793. The average molecular weight is 332 g/mol. The number of amides is 3. The van der Waals surface area contributed by atoms with E-state index in [4.69, 9.17) is 9.47 Å². The van der Waals surface area contributed by atoms with Crippen molar-refractivity contribution < 1.29 is 28.6 Å². The maximum absolute atomic E-state index is 12.3. The van der Waals surface area contributed by atoms with Crippen molar-refractivity contribution in [3.63, 3.8) is 0 Å². The lowest BCUT2D eigenvalue weighted by Crippen LogP contribution is -2.54. The molecule has 3 aliphatic rings. The van der Waals surface area contributed by atoms with Crippen LogP contribution in [-0.4, -0.2) is 60.7 Å². The van der Waals surface area contributed by atoms with Crippen LogP contribution in [0.3, 0.4) is 0 Å². The third-order valence-electron chi connectivity index (χ3n) is 4.38. The Morgan fingerprint density at radius 3 is 2.67 bits per heavy atom. The Balaban J connectivity index is 1.28. The Morgan fingerprint density at radius 1 is 1.12 bits per heavy atom. The van der Waals surface area contributed by atoms with Crippen LogP contribution in [0.25, 0.3) is 0 Å². The van der Waals surface area contributed by atoms with Crippen molar-refractivity contribution in [2.45, 2.75) is 6.42 Å². The number of fused-ring (bicyclic) bond motifs is 1. The number of likely N-dealkylation sites (tertiary alicyclic amines) is 1. The fourth-order valence-electron chi connectivity index (χ4n) is 3.04. The van der Waals surface area contributed by atoms with E-state index in [2.05, 4.69) is 4.74 Å². The molecule has 8 heteroatoms. The largest absolute Gasteiger partial charge is 0.454 e. The van der Waals surface area contributed by atoms with Crippen molar-refractivity contribution in [3.05, 3.63) is 23.8 Å². The molecular weight excluding hydrogens is 316 g/mol. The van der Waals surface area contributed by atoms with Crippen LogP contribution in [0.5, 0.6) is 11.5 Å². The van der Waals surface area contributed by atoms with E-state index in [-0.39, 0.29) is 37.6 Å². The molecule has 3 aliphatic heterocycles. The predicted molar refractivity (Wildman–Crippen MR) is 79.4 cm³/mol. The van der Waals surface area contributed by atoms with Gasteiger partial charge in [-0.15, -0.1) is 0 Å². The Labute approximate surface area is 137 Å². The highest BCUT2D eigenvalue weighted by molar-refractivity contribution is 5.97. The summed E-state index contributed by atoms with van der Waals surface area (Å²) in [7, 11) is 0. The molecule has 2 saturated heterocycles. The van der Waals surface area contributed by atoms with Crippen LogP contribution in [0, 0.1) is 5.92 Å². The minimum atomic E-state index is -0.592. The van der Waals surface area contributed by atoms with Gasteiger partial charge < -0.3 is 19.1 Å². The molecule has 126 valence electrons. The first-order valence-electron chi connectivity index (χ1n) is 7.73. The van der Waals surface area contributed by atoms with Gasteiger partial charge in [-0.3, -0.25) is 9.59 Å². The fourth-order valence-corrected chi connectivity index (χ4v) is 3.04. The predicted octanol–water partition coefficient (Wildman–Crippen LogP) is 0.395. The van der Waals surface area contributed by atoms with Gasteiger partial charge in [-0.25, -0.2) is 9.69 Å². The van der Waals surface area contributed by atoms with Gasteiger partial charge in [-0.2, -0.15) is 0 Å². The SMILES string of the molecule is O=C(Cc1ccc2c(c1)OCO2)N1CC(CN2C(=O)COC2=O)C1. The van der Waals surface area contributed by atoms with Gasteiger partial charge in [0.05, 0.1) is 6.42 Å². The highest BCUT2D eigenvalue weighted by Gasteiger charge is 2.38. The molecule has 0 bridgehead atoms. The number of hydrogen-bond acceptors (Lipinski definition) is 6. The standard InChI is InChI=1S/C16H16N2O6/c19-14(4-10-1-2-12-13(3-10)24-9-23-12)17-5-11(6-17)7-18-15(20)8-22-16(18)21/h1-3,11H,4-9H2. The first-order chi connectivity index (χ1) is 11.6. The van der Waals surface area contributed by atoms with E-state index >= 15 is 0 Å². The molecule has 0 radical (unpaired) electrons. The van der Waals surface area contributed by atoms with E-state index in [1.807, 2.05) is 12.1 Å². The Hall–Kier alpha value is -2.77. The summed E-state index contributed by atoms with van der Waals surface area (Å²) >= 11 is 0. The zero-order valence-electron chi connectivity index (χ0n) is 12.9. The number of carbonyl (C=O) groups excluding carboxylic acids is 3. The van der Waals surface area contributed by atoms with E-state index in [9.17, 15) is 14.4 Å². The van der Waals surface area contributed by atoms with Crippen LogP contribution in [0.1, 0.15) is 5.56 Å². The number of hydrogen-bond donors (Lipinski definition) is 0. The van der Waals surface area contributed by atoms with E-state index in [1.54, 1.807) is 11.0 Å². The van der Waals surface area contributed by atoms with Crippen LogP contribution in [0.15, 0.2) is 18.2 Å². The summed E-state index contributed by atoms with van der Waals surface area (Å²) in [5.41, 5.74) is 0.867. The Bertz CT molecular complexity index is 697. The molecule has 0 spiro atoms. The third kappa shape index (κ3) is 2.64. The van der Waals surface area contributed by atoms with Crippen LogP contribution in [0.2, 0.25) is 0 Å². The molecule has 0 aliphatic carbocycles. The van der Waals surface area contributed by atoms with Gasteiger partial charge in [0.25, 0.3) is 5.91 Å². The van der Waals surface area contributed by atoms with Crippen molar-refractivity contribution in [2.75, 3.05) is 33.0 Å². The monoisotopic (exact) mass is 332 g/mol. The van der Waals surface area contributed by atoms with Gasteiger partial charge in [0, 0.05) is 25.6 Å². The molecule has 2 fully saturated rings. The summed E-state index contributed by atoms with van der Waals surface area (Å²) in [5.74, 6) is 1.16. The van der Waals surface area contributed by atoms with Gasteiger partial charge >= 0.3 is 6.09 Å². The lowest BCUT2D eigenvalue weighted by molar-refractivity contribution is -0.137. The average Bonchev–Trinajstić information content (AvgIpc) is 3.10. The van der Waals surface area contributed by atoms with Crippen molar-refractivity contribution in [3.8, 4) is 11.5 Å². The van der Waals surface area contributed by atoms with Crippen LogP contribution < -0.4 is 9.47 Å². The second-order valence-corrected chi connectivity index (χ2v) is 6.09. The summed E-state index contributed by atoms with van der Waals surface area (Å²) in [5, 5.41) is 0. The smallest absolute Gasteiger partial charge is 0.417 e. The van der Waals surface area contributed by atoms with Crippen LogP contribution in [-0.2, 0) is 20.7 Å². The van der Waals surface area contributed by atoms with E-state index in [0.29, 0.717) is 31.1 Å². The molecule has 1 aromatic rings. The Morgan fingerprint density at radius 2 is 1.92 bits per heavy atom. The number of cyclic esters (lactones) is 1. The van der Waals surface area contributed by atoms with Gasteiger partial charge in [-0.1, -0.05) is 6.07 Å². The second kappa shape index (κ2) is 5.70. The number of benzene rings is 1. The molecule has 0 saturated carbocycles. The van der Waals surface area contributed by atoms with Crippen molar-refractivity contribution in [1.82, 2.24) is 9.80 Å². The number of nitrogens with zero attached hydrogens (tertiary/aromatic N) is 2. The summed E-state index contributed by atoms with van der Waals surface area (Å²) in [6.45, 7) is 1.42. The molecule has 0 unspecified atom stereocenters. The zero-order chi connectivity index (χ0) is 16.7. The second-order valence-electron chi connectivity index (χ2n) is 6.09. The summed E-state index contributed by atoms with van der Waals surface area (Å²) < 4.78 is 15.2. The minimum absolute atomic E-state index is 0.0143. The minimum Gasteiger partial charge on any atom is -0.454 e. The third-order valence-corrected chi connectivity index (χ3v) is 4.38. The Kier molecular flexibility index (Phi) is 3.51. The normalized spacial score (nSPS) is 19.5. The maximum Gasteiger partial charge on any atom is 0.417 e. The number of rotatable bonds is 4. The molecule has 1 aromatic carbocycles. The van der Waals surface area contributed by atoms with Crippen LogP contribution in [0.4, 0.5) is 4.79 Å². The van der Waals surface area contributed by atoms with E-state index in [1.165, 1.54) is 0 Å². The van der Waals surface area contributed by atoms with Crippen molar-refractivity contribution >= 4 is 17.9 Å². The van der Waals surface area contributed by atoms with Crippen LogP contribution >= 0.6 is 0 Å². The molecule has 24 heavy (non-hydrogen) atoms. The maximum atomic E-state index is 12.3. The zero-order valence-corrected chi connectivity index (χ0v) is 12.9. The lowest BCUT2D eigenvalue weighted by Gasteiger charge is -2.40. The fraction of sp³-hybridized carbons (Fsp3) is 0.438. The highest BCUT2D eigenvalue weighted by Crippen LogP contribution is 2.33. The lowest BCUT2D eigenvalue weighted by atomic mass is 9.98. The first kappa shape index (κ1) is 14.8. The number of imide groups is 1. The summed E-state index contributed by atoms with van der Waals surface area (Å²) in [4.78, 5) is 38.0. The molecular formula is C16H16N2O6. The van der Waals surface area contributed by atoms with E-state index < -0.39 is 6.09 Å². The first-order valence-corrected chi connectivity index (χ1v) is 7.73.